The zero-order valence-electron chi connectivity index (χ0n) is 21.7. The molecule has 0 saturated heterocycles. The average Bonchev–Trinajstić information content (AvgIpc) is 2.95. The van der Waals surface area contributed by atoms with Gasteiger partial charge in [-0.2, -0.15) is 0 Å². The Morgan fingerprint density at radius 3 is 2.32 bits per heavy atom. The number of carbonyl (C=O) groups is 1. The lowest BCUT2D eigenvalue weighted by atomic mass is 10.1. The van der Waals surface area contributed by atoms with Crippen molar-refractivity contribution in [2.24, 2.45) is 0 Å². The molecule has 0 N–H and O–H groups in total. The number of nitro groups is 1. The summed E-state index contributed by atoms with van der Waals surface area (Å²) in [7, 11) is 0. The monoisotopic (exact) mass is 510 g/mol. The standard InChI is InChI=1S/C30H30N4O4/c1-4-21-11-16-23(17-12-21)33-29(31-26-10-8-7-9-25(26)30(33)36)27(5-2)32(6-3)28(35)20-15-22-13-18-24(19-14-22)34(37)38/h7-20,27H,4-6H2,1-3H3. The van der Waals surface area contributed by atoms with Crippen molar-refractivity contribution in [3.05, 3.63) is 116 Å². The Kier molecular flexibility index (Phi) is 8.11. The molecule has 1 amide bonds. The summed E-state index contributed by atoms with van der Waals surface area (Å²) in [6, 6.07) is 20.6. The number of hydrogen-bond donors (Lipinski definition) is 0. The van der Waals surface area contributed by atoms with Crippen molar-refractivity contribution in [2.75, 3.05) is 6.54 Å². The van der Waals surface area contributed by atoms with Crippen LogP contribution in [0.15, 0.2) is 83.7 Å². The number of likely N-dealkylation sites (N-methyl/N-ethyl adjacent to an activating group) is 1. The zero-order chi connectivity index (χ0) is 27.2. The van der Waals surface area contributed by atoms with Crippen LogP contribution in [0.25, 0.3) is 22.7 Å². The van der Waals surface area contributed by atoms with Gasteiger partial charge in [-0.1, -0.05) is 38.1 Å². The van der Waals surface area contributed by atoms with E-state index in [2.05, 4.69) is 6.92 Å². The van der Waals surface area contributed by atoms with Crippen LogP contribution >= 0.6 is 0 Å². The van der Waals surface area contributed by atoms with E-state index in [0.717, 1.165) is 12.0 Å². The minimum atomic E-state index is -0.463. The number of non-ortho nitro benzene ring substituents is 1. The molecule has 1 unspecified atom stereocenters. The second-order valence-corrected chi connectivity index (χ2v) is 8.88. The van der Waals surface area contributed by atoms with Crippen LogP contribution in [0.3, 0.4) is 0 Å². The van der Waals surface area contributed by atoms with Gasteiger partial charge in [-0.05, 0) is 73.4 Å². The Balaban J connectivity index is 1.77. The third kappa shape index (κ3) is 5.39. The smallest absolute Gasteiger partial charge is 0.269 e. The van der Waals surface area contributed by atoms with Gasteiger partial charge in [0, 0.05) is 24.8 Å². The van der Waals surface area contributed by atoms with E-state index in [9.17, 15) is 19.7 Å². The number of benzene rings is 3. The molecule has 194 valence electrons. The van der Waals surface area contributed by atoms with E-state index in [1.54, 1.807) is 33.7 Å². The Morgan fingerprint density at radius 1 is 1.03 bits per heavy atom. The summed E-state index contributed by atoms with van der Waals surface area (Å²) in [4.78, 5) is 44.2. The molecular formula is C30H30N4O4. The lowest BCUT2D eigenvalue weighted by molar-refractivity contribution is -0.384. The van der Waals surface area contributed by atoms with Gasteiger partial charge in [0.05, 0.1) is 27.6 Å². The largest absolute Gasteiger partial charge is 0.329 e. The van der Waals surface area contributed by atoms with Crippen molar-refractivity contribution in [1.29, 1.82) is 0 Å². The van der Waals surface area contributed by atoms with Gasteiger partial charge < -0.3 is 4.90 Å². The molecule has 3 aromatic carbocycles. The first-order valence-electron chi connectivity index (χ1n) is 12.7. The molecule has 0 saturated carbocycles. The van der Waals surface area contributed by atoms with Gasteiger partial charge >= 0.3 is 0 Å². The third-order valence-corrected chi connectivity index (χ3v) is 6.61. The number of hydrogen-bond acceptors (Lipinski definition) is 5. The van der Waals surface area contributed by atoms with Gasteiger partial charge in [0.2, 0.25) is 5.91 Å². The highest BCUT2D eigenvalue weighted by molar-refractivity contribution is 5.92. The predicted octanol–water partition coefficient (Wildman–Crippen LogP) is 5.87. The summed E-state index contributed by atoms with van der Waals surface area (Å²) in [6.45, 7) is 6.33. The fraction of sp³-hybridized carbons (Fsp3) is 0.233. The van der Waals surface area contributed by atoms with E-state index in [-0.39, 0.29) is 17.2 Å². The minimum Gasteiger partial charge on any atom is -0.329 e. The van der Waals surface area contributed by atoms with E-state index in [4.69, 9.17) is 4.98 Å². The molecule has 1 heterocycles. The predicted molar refractivity (Wildman–Crippen MR) is 149 cm³/mol. The van der Waals surface area contributed by atoms with Gasteiger partial charge in [-0.3, -0.25) is 24.3 Å². The van der Waals surface area contributed by atoms with Crippen molar-refractivity contribution >= 4 is 28.6 Å². The lowest BCUT2D eigenvalue weighted by Crippen LogP contribution is -2.37. The van der Waals surface area contributed by atoms with Crippen molar-refractivity contribution in [2.45, 2.75) is 39.7 Å². The Morgan fingerprint density at radius 2 is 1.71 bits per heavy atom. The van der Waals surface area contributed by atoms with E-state index in [1.807, 2.05) is 56.3 Å². The van der Waals surface area contributed by atoms with E-state index >= 15 is 0 Å². The van der Waals surface area contributed by atoms with Crippen LogP contribution in [-0.2, 0) is 11.2 Å². The van der Waals surface area contributed by atoms with Crippen molar-refractivity contribution in [3.63, 3.8) is 0 Å². The Labute approximate surface area is 221 Å². The van der Waals surface area contributed by atoms with E-state index in [1.165, 1.54) is 18.2 Å². The number of rotatable bonds is 9. The molecule has 4 aromatic rings. The number of para-hydroxylation sites is 1. The second-order valence-electron chi connectivity index (χ2n) is 8.88. The van der Waals surface area contributed by atoms with Crippen LogP contribution < -0.4 is 5.56 Å². The fourth-order valence-corrected chi connectivity index (χ4v) is 4.55. The topological polar surface area (TPSA) is 98.3 Å². The summed E-state index contributed by atoms with van der Waals surface area (Å²) < 4.78 is 1.62. The molecule has 0 aliphatic carbocycles. The summed E-state index contributed by atoms with van der Waals surface area (Å²) in [5.74, 6) is 0.257. The van der Waals surface area contributed by atoms with Crippen LogP contribution in [0.2, 0.25) is 0 Å². The number of amides is 1. The molecular weight excluding hydrogens is 480 g/mol. The van der Waals surface area contributed by atoms with Crippen LogP contribution in [0.5, 0.6) is 0 Å². The molecule has 0 radical (unpaired) electrons. The van der Waals surface area contributed by atoms with Gasteiger partial charge in [-0.25, -0.2) is 4.98 Å². The second kappa shape index (κ2) is 11.6. The summed E-state index contributed by atoms with van der Waals surface area (Å²) >= 11 is 0. The number of aromatic nitrogens is 2. The maximum absolute atomic E-state index is 13.7. The molecule has 8 nitrogen and oxygen atoms in total. The lowest BCUT2D eigenvalue weighted by Gasteiger charge is -2.30. The quantitative estimate of drug-likeness (QED) is 0.159. The fourth-order valence-electron chi connectivity index (χ4n) is 4.55. The van der Waals surface area contributed by atoms with Gasteiger partial charge in [0.1, 0.15) is 5.82 Å². The SMILES string of the molecule is CCc1ccc(-n2c(C(CC)N(CC)C(=O)C=Cc3ccc([N+](=O)[O-])cc3)nc3ccccc3c2=O)cc1. The third-order valence-electron chi connectivity index (χ3n) is 6.61. The highest BCUT2D eigenvalue weighted by atomic mass is 16.6. The minimum absolute atomic E-state index is 0.0120. The van der Waals surface area contributed by atoms with Crippen molar-refractivity contribution in [3.8, 4) is 5.69 Å². The number of nitrogens with zero attached hydrogens (tertiary/aromatic N) is 4. The highest BCUT2D eigenvalue weighted by Crippen LogP contribution is 2.26. The van der Waals surface area contributed by atoms with Crippen LogP contribution in [0, 0.1) is 10.1 Å². The Hall–Kier alpha value is -4.59. The highest BCUT2D eigenvalue weighted by Gasteiger charge is 2.27. The van der Waals surface area contributed by atoms with Gasteiger partial charge in [0.15, 0.2) is 0 Å². The molecule has 0 aliphatic heterocycles. The molecule has 0 spiro atoms. The molecule has 1 atom stereocenters. The molecule has 0 fully saturated rings. The number of aryl methyl sites for hydroxylation is 1. The normalized spacial score (nSPS) is 12.1. The van der Waals surface area contributed by atoms with E-state index in [0.29, 0.717) is 40.9 Å². The number of fused-ring (bicyclic) bond motifs is 1. The maximum atomic E-state index is 13.7. The first-order valence-corrected chi connectivity index (χ1v) is 12.7. The molecule has 0 bridgehead atoms. The molecule has 1 aromatic heterocycles. The first-order chi connectivity index (χ1) is 18.4. The van der Waals surface area contributed by atoms with Crippen molar-refractivity contribution in [1.82, 2.24) is 14.5 Å². The molecule has 0 aliphatic rings. The van der Waals surface area contributed by atoms with Crippen LogP contribution in [-0.4, -0.2) is 31.8 Å². The van der Waals surface area contributed by atoms with Crippen molar-refractivity contribution < 1.29 is 9.72 Å². The van der Waals surface area contributed by atoms with E-state index < -0.39 is 11.0 Å². The van der Waals surface area contributed by atoms with Gasteiger partial charge in [-0.15, -0.1) is 0 Å². The summed E-state index contributed by atoms with van der Waals surface area (Å²) in [6.07, 6.45) is 4.51. The number of nitro benzene ring substituents is 1. The maximum Gasteiger partial charge on any atom is 0.269 e. The average molecular weight is 511 g/mol. The Bertz CT molecular complexity index is 1540. The van der Waals surface area contributed by atoms with Crippen LogP contribution in [0.4, 0.5) is 5.69 Å². The summed E-state index contributed by atoms with van der Waals surface area (Å²) in [5, 5.41) is 11.4. The molecule has 38 heavy (non-hydrogen) atoms. The molecule has 8 heteroatoms. The van der Waals surface area contributed by atoms with Crippen LogP contribution in [0.1, 0.15) is 50.2 Å². The summed E-state index contributed by atoms with van der Waals surface area (Å²) in [5.41, 5.74) is 2.91. The zero-order valence-corrected chi connectivity index (χ0v) is 21.7. The first kappa shape index (κ1) is 26.5. The number of carbonyl (C=O) groups excluding carboxylic acids is 1. The molecule has 4 rings (SSSR count). The van der Waals surface area contributed by atoms with Gasteiger partial charge in [0.25, 0.3) is 11.2 Å².